The smallest absolute Gasteiger partial charge is 0.449 e. The van der Waals surface area contributed by atoms with Gasteiger partial charge in [0.2, 0.25) is 5.90 Å². The van der Waals surface area contributed by atoms with E-state index in [9.17, 15) is 4.79 Å². The third-order valence-corrected chi connectivity index (χ3v) is 0.704. The van der Waals surface area contributed by atoms with Gasteiger partial charge in [-0.1, -0.05) is 0 Å². The van der Waals surface area contributed by atoms with Gasteiger partial charge in [-0.15, -0.1) is 5.10 Å². The Morgan fingerprint density at radius 1 is 1.89 bits per heavy atom. The first-order valence-electron chi connectivity index (χ1n) is 2.24. The zero-order valence-corrected chi connectivity index (χ0v) is 4.42. The number of hydrazine groups is 1. The number of nitrogens with one attached hydrogen (secondary N) is 2. The maximum absolute atomic E-state index is 9.80. The van der Waals surface area contributed by atoms with Gasteiger partial charge in [0, 0.05) is 0 Å². The lowest BCUT2D eigenvalue weighted by Gasteiger charge is -1.92. The van der Waals surface area contributed by atoms with Gasteiger partial charge in [-0.05, 0) is 0 Å². The van der Waals surface area contributed by atoms with Crippen molar-refractivity contribution in [1.82, 2.24) is 11.0 Å². The molecule has 0 atom stereocenters. The van der Waals surface area contributed by atoms with Crippen LogP contribution in [0.3, 0.4) is 0 Å². The van der Waals surface area contributed by atoms with Crippen LogP contribution in [0, 0.1) is 0 Å². The zero-order chi connectivity index (χ0) is 6.69. The standard InChI is InChI=1S/C3H5N3O3/c7-3(8)9-2-1-4-6-5-2/h4,6H,1H2,(H,7,8). The lowest BCUT2D eigenvalue weighted by molar-refractivity contribution is 0.140. The number of nitrogens with zero attached hydrogens (tertiary/aromatic N) is 1. The Hall–Kier alpha value is -1.30. The summed E-state index contributed by atoms with van der Waals surface area (Å²) in [6.07, 6.45) is -1.35. The van der Waals surface area contributed by atoms with Crippen LogP contribution in [0.4, 0.5) is 4.79 Å². The quantitative estimate of drug-likeness (QED) is 0.371. The first kappa shape index (κ1) is 5.83. The fourth-order valence-corrected chi connectivity index (χ4v) is 0.416. The molecule has 9 heavy (non-hydrogen) atoms. The van der Waals surface area contributed by atoms with Crippen LogP contribution in [0.5, 0.6) is 0 Å². The molecular formula is C3H5N3O3. The molecule has 1 heterocycles. The molecule has 0 aliphatic carbocycles. The molecule has 0 aromatic carbocycles. The minimum atomic E-state index is -1.35. The van der Waals surface area contributed by atoms with Gasteiger partial charge in [-0.2, -0.15) is 0 Å². The van der Waals surface area contributed by atoms with Crippen molar-refractivity contribution in [2.45, 2.75) is 0 Å². The lowest BCUT2D eigenvalue weighted by Crippen LogP contribution is -2.23. The highest BCUT2D eigenvalue weighted by Crippen LogP contribution is 1.84. The number of hydrazone groups is 1. The second kappa shape index (κ2) is 2.31. The molecule has 0 saturated heterocycles. The zero-order valence-electron chi connectivity index (χ0n) is 4.42. The number of carbonyl (C=O) groups is 1. The van der Waals surface area contributed by atoms with Crippen molar-refractivity contribution in [2.24, 2.45) is 5.10 Å². The number of rotatable bonds is 0. The summed E-state index contributed by atoms with van der Waals surface area (Å²) in [5.41, 5.74) is 4.86. The third-order valence-electron chi connectivity index (χ3n) is 0.704. The minimum absolute atomic E-state index is 0.127. The Labute approximate surface area is 50.5 Å². The van der Waals surface area contributed by atoms with Crippen LogP contribution in [-0.4, -0.2) is 23.7 Å². The molecule has 0 saturated carbocycles. The van der Waals surface area contributed by atoms with Gasteiger partial charge >= 0.3 is 6.16 Å². The largest absolute Gasteiger partial charge is 0.512 e. The molecule has 0 spiro atoms. The Kier molecular flexibility index (Phi) is 1.50. The highest BCUT2D eigenvalue weighted by atomic mass is 16.7. The molecule has 0 aromatic rings. The van der Waals surface area contributed by atoms with Crippen molar-refractivity contribution >= 4 is 12.1 Å². The maximum Gasteiger partial charge on any atom is 0.512 e. The molecule has 6 nitrogen and oxygen atoms in total. The van der Waals surface area contributed by atoms with Gasteiger partial charge in [0.25, 0.3) is 0 Å². The van der Waals surface area contributed by atoms with Crippen LogP contribution in [0.25, 0.3) is 0 Å². The summed E-state index contributed by atoms with van der Waals surface area (Å²) >= 11 is 0. The number of hydrogen-bond donors (Lipinski definition) is 3. The molecule has 0 unspecified atom stereocenters. The van der Waals surface area contributed by atoms with Crippen LogP contribution < -0.4 is 11.0 Å². The van der Waals surface area contributed by atoms with Gasteiger partial charge in [0.15, 0.2) is 0 Å². The van der Waals surface area contributed by atoms with Crippen molar-refractivity contribution in [3.05, 3.63) is 0 Å². The second-order valence-corrected chi connectivity index (χ2v) is 1.34. The van der Waals surface area contributed by atoms with E-state index >= 15 is 0 Å². The van der Waals surface area contributed by atoms with Crippen molar-refractivity contribution in [3.8, 4) is 0 Å². The van der Waals surface area contributed by atoms with Gasteiger partial charge < -0.3 is 9.84 Å². The van der Waals surface area contributed by atoms with E-state index in [1.165, 1.54) is 0 Å². The Morgan fingerprint density at radius 3 is 3.11 bits per heavy atom. The highest BCUT2D eigenvalue weighted by molar-refractivity contribution is 5.87. The first-order valence-corrected chi connectivity index (χ1v) is 2.24. The van der Waals surface area contributed by atoms with Crippen LogP contribution in [0.2, 0.25) is 0 Å². The molecule has 1 rings (SSSR count). The van der Waals surface area contributed by atoms with Gasteiger partial charge in [0.05, 0.1) is 6.54 Å². The normalized spacial score (nSPS) is 16.2. The highest BCUT2D eigenvalue weighted by Gasteiger charge is 2.09. The van der Waals surface area contributed by atoms with Crippen molar-refractivity contribution in [1.29, 1.82) is 0 Å². The van der Waals surface area contributed by atoms with E-state index in [0.717, 1.165) is 0 Å². The van der Waals surface area contributed by atoms with Crippen LogP contribution in [0.15, 0.2) is 5.10 Å². The SMILES string of the molecule is O=C(O)OC1=NNNC1. The molecule has 6 heteroatoms. The van der Waals surface area contributed by atoms with Crippen LogP contribution in [-0.2, 0) is 4.74 Å². The molecule has 0 aromatic heterocycles. The summed E-state index contributed by atoms with van der Waals surface area (Å²) in [4.78, 5) is 9.80. The van der Waals surface area contributed by atoms with E-state index in [-0.39, 0.29) is 5.90 Å². The molecule has 1 aliphatic rings. The molecule has 0 bridgehead atoms. The Morgan fingerprint density at radius 2 is 2.67 bits per heavy atom. The maximum atomic E-state index is 9.80. The molecule has 50 valence electrons. The topological polar surface area (TPSA) is 83.0 Å². The average Bonchev–Trinajstić information content (AvgIpc) is 2.15. The number of ether oxygens (including phenoxy) is 1. The van der Waals surface area contributed by atoms with E-state index in [4.69, 9.17) is 5.11 Å². The average molecular weight is 131 g/mol. The minimum Gasteiger partial charge on any atom is -0.449 e. The van der Waals surface area contributed by atoms with E-state index in [1.807, 2.05) is 0 Å². The summed E-state index contributed by atoms with van der Waals surface area (Å²) in [5, 5.41) is 11.4. The Balaban J connectivity index is 2.35. The van der Waals surface area contributed by atoms with Crippen LogP contribution in [0.1, 0.15) is 0 Å². The summed E-state index contributed by atoms with van der Waals surface area (Å²) in [5.74, 6) is 0.127. The van der Waals surface area contributed by atoms with E-state index in [0.29, 0.717) is 6.54 Å². The number of hydrogen-bond acceptors (Lipinski definition) is 5. The van der Waals surface area contributed by atoms with E-state index in [2.05, 4.69) is 20.8 Å². The first-order chi connectivity index (χ1) is 4.29. The summed E-state index contributed by atoms with van der Waals surface area (Å²) < 4.78 is 4.15. The fraction of sp³-hybridized carbons (Fsp3) is 0.333. The second-order valence-electron chi connectivity index (χ2n) is 1.34. The molecule has 0 fully saturated rings. The molecule has 1 aliphatic heterocycles. The molecule has 0 radical (unpaired) electrons. The van der Waals surface area contributed by atoms with Gasteiger partial charge in [0.1, 0.15) is 0 Å². The molecule has 3 N–H and O–H groups in total. The molecular weight excluding hydrogens is 126 g/mol. The van der Waals surface area contributed by atoms with Crippen molar-refractivity contribution < 1.29 is 14.6 Å². The predicted octanol–water partition coefficient (Wildman–Crippen LogP) is -0.898. The van der Waals surface area contributed by atoms with Crippen molar-refractivity contribution in [3.63, 3.8) is 0 Å². The monoisotopic (exact) mass is 131 g/mol. The summed E-state index contributed by atoms with van der Waals surface area (Å²) in [7, 11) is 0. The van der Waals surface area contributed by atoms with Crippen LogP contribution >= 0.6 is 0 Å². The van der Waals surface area contributed by atoms with Gasteiger partial charge in [-0.3, -0.25) is 0 Å². The summed E-state index contributed by atoms with van der Waals surface area (Å²) in [6.45, 7) is 0.298. The third kappa shape index (κ3) is 1.57. The molecule has 0 amide bonds. The van der Waals surface area contributed by atoms with Crippen molar-refractivity contribution in [2.75, 3.05) is 6.54 Å². The van der Waals surface area contributed by atoms with E-state index in [1.54, 1.807) is 0 Å². The summed E-state index contributed by atoms with van der Waals surface area (Å²) in [6, 6.07) is 0. The number of carboxylic acid groups (broad SMARTS) is 1. The predicted molar refractivity (Wildman–Crippen MR) is 27.7 cm³/mol. The van der Waals surface area contributed by atoms with E-state index < -0.39 is 6.16 Å². The Bertz CT molecular complexity index is 154. The van der Waals surface area contributed by atoms with Gasteiger partial charge in [-0.25, -0.2) is 15.8 Å². The fourth-order valence-electron chi connectivity index (χ4n) is 0.416. The lowest BCUT2D eigenvalue weighted by atomic mass is 10.7.